The minimum Gasteiger partial charge on any atom is -0.508 e. The minimum absolute atomic E-state index is 0.0902. The summed E-state index contributed by atoms with van der Waals surface area (Å²) in [6.45, 7) is 1.60. The molecular weight excluding hydrogens is 438 g/mol. The van der Waals surface area contributed by atoms with E-state index in [4.69, 9.17) is 5.73 Å². The molecule has 0 aliphatic heterocycles. The van der Waals surface area contributed by atoms with E-state index >= 15 is 0 Å². The van der Waals surface area contributed by atoms with Gasteiger partial charge in [-0.2, -0.15) is 0 Å². The monoisotopic (exact) mass is 459 g/mol. The summed E-state index contributed by atoms with van der Waals surface area (Å²) in [4.78, 5) is 49.8. The third kappa shape index (κ3) is 2.61. The Morgan fingerprint density at radius 3 is 2.42 bits per heavy atom. The van der Waals surface area contributed by atoms with Gasteiger partial charge in [-0.1, -0.05) is 19.1 Å². The number of rotatable bonds is 3. The summed E-state index contributed by atoms with van der Waals surface area (Å²) in [5, 5.41) is 57.9. The number of benzene rings is 1. The zero-order chi connectivity index (χ0) is 24.6. The quantitative estimate of drug-likeness (QED) is 0.195. The number of nitroso groups, excluding NO2 is 1. The predicted octanol–water partition coefficient (Wildman–Crippen LogP) is -0.453. The molecule has 174 valence electrons. The lowest BCUT2D eigenvalue weighted by Crippen LogP contribution is -2.70. The summed E-state index contributed by atoms with van der Waals surface area (Å²) in [6.07, 6.45) is -1.79. The number of aromatic hydroxyl groups is 1. The van der Waals surface area contributed by atoms with Crippen molar-refractivity contribution in [3.8, 4) is 5.75 Å². The summed E-state index contributed by atoms with van der Waals surface area (Å²) in [6, 6.07) is 2.51. The van der Waals surface area contributed by atoms with E-state index in [0.717, 1.165) is 7.05 Å². The van der Waals surface area contributed by atoms with Crippen molar-refractivity contribution in [2.75, 3.05) is 7.05 Å². The molecule has 12 nitrogen and oxygen atoms in total. The van der Waals surface area contributed by atoms with Crippen molar-refractivity contribution in [2.45, 2.75) is 30.6 Å². The lowest BCUT2D eigenvalue weighted by atomic mass is 9.54. The first-order valence-electron chi connectivity index (χ1n) is 9.95. The number of nitrogens with zero attached hydrogens (tertiary/aromatic N) is 2. The van der Waals surface area contributed by atoms with Crippen molar-refractivity contribution < 1.29 is 39.9 Å². The highest BCUT2D eigenvalue weighted by Gasteiger charge is 2.68. The standard InChI is InChI=1S/C21H21N3O9/c1-6-7-4-3-5-8(25)10(7)15(26)11-9(6)16(27)13-14(24(2)23-33)17(28)12(20(22)31)19(30)21(13,32)18(11)29/h3-6,9,13-14,16,25-27,30,32H,1-2H3,(H2,22,31)/t6-,9?,13?,14-,16-,21-/m0/s1. The fourth-order valence-electron chi connectivity index (χ4n) is 5.47. The molecular formula is C21H21N3O9. The maximum atomic E-state index is 13.6. The van der Waals surface area contributed by atoms with Crippen LogP contribution in [0.3, 0.4) is 0 Å². The zero-order valence-corrected chi connectivity index (χ0v) is 17.5. The first-order valence-corrected chi connectivity index (χ1v) is 9.95. The molecule has 1 aromatic carbocycles. The zero-order valence-electron chi connectivity index (χ0n) is 17.5. The third-order valence-corrected chi connectivity index (χ3v) is 6.97. The van der Waals surface area contributed by atoms with Crippen LogP contribution < -0.4 is 5.73 Å². The highest BCUT2D eigenvalue weighted by Crippen LogP contribution is 2.56. The van der Waals surface area contributed by atoms with Crippen molar-refractivity contribution in [3.63, 3.8) is 0 Å². The van der Waals surface area contributed by atoms with E-state index in [-0.39, 0.29) is 11.3 Å². The number of carbonyl (C=O) groups is 3. The summed E-state index contributed by atoms with van der Waals surface area (Å²) in [5.41, 5.74) is 0.763. The van der Waals surface area contributed by atoms with Gasteiger partial charge < -0.3 is 31.3 Å². The Morgan fingerprint density at radius 1 is 1.21 bits per heavy atom. The summed E-state index contributed by atoms with van der Waals surface area (Å²) >= 11 is 0. The molecule has 6 atom stereocenters. The number of primary amides is 1. The number of likely N-dealkylation sites (N-methyl/N-ethyl adjacent to an activating group) is 1. The van der Waals surface area contributed by atoms with Gasteiger partial charge in [-0.05, 0) is 17.5 Å². The van der Waals surface area contributed by atoms with Crippen LogP contribution in [0.2, 0.25) is 0 Å². The lowest BCUT2D eigenvalue weighted by Gasteiger charge is -2.53. The number of aliphatic hydroxyl groups excluding tert-OH is 3. The molecule has 0 heterocycles. The first kappa shape index (κ1) is 22.4. The molecule has 0 bridgehead atoms. The van der Waals surface area contributed by atoms with Crippen LogP contribution in [-0.4, -0.2) is 72.8 Å². The second-order valence-electron chi connectivity index (χ2n) is 8.48. The molecule has 12 heteroatoms. The molecule has 33 heavy (non-hydrogen) atoms. The SMILES string of the molecule is C[C@H]1c2cccc(O)c2C(O)=C2C(=O)[C@]3(O)C(O)=C(C(N)=O)C(=O)[C@@H](N(C)N=O)C3[C@@H](O)C21. The molecule has 0 aromatic heterocycles. The van der Waals surface area contributed by atoms with E-state index in [9.17, 15) is 44.8 Å². The average molecular weight is 459 g/mol. The van der Waals surface area contributed by atoms with Crippen LogP contribution in [0.15, 0.2) is 40.4 Å². The number of carbonyl (C=O) groups excluding carboxylic acids is 3. The van der Waals surface area contributed by atoms with Crippen molar-refractivity contribution in [1.82, 2.24) is 5.01 Å². The number of ketones is 2. The Labute approximate surface area is 186 Å². The molecule has 1 amide bonds. The van der Waals surface area contributed by atoms with E-state index in [1.807, 2.05) is 0 Å². The van der Waals surface area contributed by atoms with Crippen LogP contribution in [0.5, 0.6) is 5.75 Å². The largest absolute Gasteiger partial charge is 0.508 e. The number of fused-ring (bicyclic) bond motifs is 3. The number of phenols is 1. The summed E-state index contributed by atoms with van der Waals surface area (Å²) < 4.78 is 0. The Bertz CT molecular complexity index is 1190. The Kier molecular flexibility index (Phi) is 4.84. The van der Waals surface area contributed by atoms with Gasteiger partial charge in [-0.15, -0.1) is 4.91 Å². The molecule has 0 saturated heterocycles. The van der Waals surface area contributed by atoms with Gasteiger partial charge in [0.25, 0.3) is 5.91 Å². The fraction of sp³-hybridized carbons (Fsp3) is 0.381. The van der Waals surface area contributed by atoms with Crippen molar-refractivity contribution in [3.05, 3.63) is 51.1 Å². The van der Waals surface area contributed by atoms with Gasteiger partial charge in [0, 0.05) is 18.5 Å². The molecule has 0 radical (unpaired) electrons. The molecule has 0 spiro atoms. The minimum atomic E-state index is -3.09. The fourth-order valence-corrected chi connectivity index (χ4v) is 5.47. The van der Waals surface area contributed by atoms with Crippen LogP contribution in [0.25, 0.3) is 5.76 Å². The molecule has 1 fully saturated rings. The van der Waals surface area contributed by atoms with Crippen LogP contribution in [0, 0.1) is 16.7 Å². The maximum absolute atomic E-state index is 13.6. The lowest BCUT2D eigenvalue weighted by molar-refractivity contribution is -0.170. The van der Waals surface area contributed by atoms with Crippen LogP contribution in [0.1, 0.15) is 24.0 Å². The van der Waals surface area contributed by atoms with Gasteiger partial charge in [0.2, 0.25) is 5.78 Å². The van der Waals surface area contributed by atoms with Crippen molar-refractivity contribution in [2.24, 2.45) is 22.9 Å². The number of nitrogens with two attached hydrogens (primary N) is 1. The molecule has 1 saturated carbocycles. The number of hydrogen-bond acceptors (Lipinski definition) is 10. The van der Waals surface area contributed by atoms with Gasteiger partial charge in [0.1, 0.15) is 28.9 Å². The van der Waals surface area contributed by atoms with E-state index < -0.39 is 75.6 Å². The topological polar surface area (TPSA) is 211 Å². The molecule has 3 aliphatic rings. The normalized spacial score (nSPS) is 33.3. The van der Waals surface area contributed by atoms with Gasteiger partial charge in [-0.25, -0.2) is 0 Å². The van der Waals surface area contributed by atoms with Gasteiger partial charge in [0.05, 0.1) is 22.9 Å². The number of phenolic OH excluding ortho intramolecular Hbond substituents is 1. The van der Waals surface area contributed by atoms with Gasteiger partial charge in [0.15, 0.2) is 11.4 Å². The predicted molar refractivity (Wildman–Crippen MR) is 110 cm³/mol. The Morgan fingerprint density at radius 2 is 1.85 bits per heavy atom. The number of amides is 1. The average Bonchev–Trinajstić information content (AvgIpc) is 2.75. The van der Waals surface area contributed by atoms with Crippen LogP contribution >= 0.6 is 0 Å². The third-order valence-electron chi connectivity index (χ3n) is 6.97. The number of hydrogen-bond donors (Lipinski definition) is 6. The second-order valence-corrected chi connectivity index (χ2v) is 8.48. The summed E-state index contributed by atoms with van der Waals surface area (Å²) in [5.74, 6) is -10.2. The number of Topliss-reactive ketones (excluding diaryl/α,β-unsaturated/α-hetero) is 2. The second kappa shape index (κ2) is 7.12. The van der Waals surface area contributed by atoms with E-state index in [0.29, 0.717) is 10.6 Å². The van der Waals surface area contributed by atoms with Crippen molar-refractivity contribution >= 4 is 23.2 Å². The molecule has 3 aliphatic carbocycles. The van der Waals surface area contributed by atoms with Crippen LogP contribution in [-0.2, 0) is 14.4 Å². The highest BCUT2D eigenvalue weighted by molar-refractivity contribution is 6.24. The smallest absolute Gasteiger partial charge is 0.255 e. The van der Waals surface area contributed by atoms with E-state index in [1.165, 1.54) is 12.1 Å². The molecule has 7 N–H and O–H groups in total. The Hall–Kier alpha value is -3.77. The van der Waals surface area contributed by atoms with Crippen molar-refractivity contribution in [1.29, 1.82) is 0 Å². The van der Waals surface area contributed by atoms with Gasteiger partial charge >= 0.3 is 0 Å². The summed E-state index contributed by atoms with van der Waals surface area (Å²) in [7, 11) is 1.04. The first-order chi connectivity index (χ1) is 15.4. The number of aliphatic hydroxyl groups is 4. The van der Waals surface area contributed by atoms with E-state index in [2.05, 4.69) is 5.29 Å². The molecule has 4 rings (SSSR count). The van der Waals surface area contributed by atoms with E-state index in [1.54, 1.807) is 13.0 Å². The Balaban J connectivity index is 2.07. The molecule has 1 aromatic rings. The van der Waals surface area contributed by atoms with Crippen LogP contribution in [0.4, 0.5) is 0 Å². The van der Waals surface area contributed by atoms with Gasteiger partial charge in [-0.3, -0.25) is 19.4 Å². The maximum Gasteiger partial charge on any atom is 0.255 e. The molecule has 2 unspecified atom stereocenters. The highest BCUT2D eigenvalue weighted by atomic mass is 16.4.